The van der Waals surface area contributed by atoms with Crippen LogP contribution in [0.25, 0.3) is 0 Å². The summed E-state index contributed by atoms with van der Waals surface area (Å²) in [4.78, 5) is 2.11. The highest BCUT2D eigenvalue weighted by Gasteiger charge is 2.60. The summed E-state index contributed by atoms with van der Waals surface area (Å²) < 4.78 is 17.7. The Morgan fingerprint density at radius 3 is 2.03 bits per heavy atom. The highest BCUT2D eigenvalue weighted by atomic mass is 16.7. The molecule has 2 saturated heterocycles. The van der Waals surface area contributed by atoms with Crippen molar-refractivity contribution < 1.29 is 29.5 Å². The fourth-order valence-corrected chi connectivity index (χ4v) is 5.15. The number of aliphatic hydroxyl groups excluding tert-OH is 2. The largest absolute Gasteiger partial charge is 0.394 e. The Labute approximate surface area is 201 Å². The lowest BCUT2D eigenvalue weighted by Gasteiger charge is -2.41. The van der Waals surface area contributed by atoms with Crippen LogP contribution in [0.3, 0.4) is 0 Å². The minimum Gasteiger partial charge on any atom is -0.394 e. The van der Waals surface area contributed by atoms with Gasteiger partial charge in [-0.25, -0.2) is 0 Å². The molecule has 0 aromatic carbocycles. The molecule has 0 amide bonds. The minimum absolute atomic E-state index is 0.324. The van der Waals surface area contributed by atoms with Gasteiger partial charge in [0.1, 0.15) is 18.3 Å². The van der Waals surface area contributed by atoms with E-state index in [4.69, 9.17) is 14.2 Å². The van der Waals surface area contributed by atoms with Gasteiger partial charge >= 0.3 is 0 Å². The van der Waals surface area contributed by atoms with E-state index in [1.807, 2.05) is 6.92 Å². The maximum absolute atomic E-state index is 11.5. The van der Waals surface area contributed by atoms with Crippen molar-refractivity contribution in [2.75, 3.05) is 32.9 Å². The van der Waals surface area contributed by atoms with Gasteiger partial charge in [-0.2, -0.15) is 0 Å². The standard InChI is InChI=1S/C26H51NO6/c1-3-5-6-7-8-9-10-11-14-17-20-32-25(27-18-15-12-13-16-19-27)26(30)24(29)23(31-4-2)22(21-28)33-26/h22-25,28-30H,3-21H2,1-2H3/t22-,23+,24-,25?,26-/m0/s1. The molecule has 0 aromatic rings. The lowest BCUT2D eigenvalue weighted by atomic mass is 10.0. The quantitative estimate of drug-likeness (QED) is 0.275. The van der Waals surface area contributed by atoms with Gasteiger partial charge in [-0.15, -0.1) is 0 Å². The molecule has 2 aliphatic heterocycles. The van der Waals surface area contributed by atoms with Crippen molar-refractivity contribution in [1.82, 2.24) is 4.90 Å². The predicted octanol–water partition coefficient (Wildman–Crippen LogP) is 3.97. The summed E-state index contributed by atoms with van der Waals surface area (Å²) >= 11 is 0. The SMILES string of the molecule is CCCCCCCCCCCCOC(N1CCCCCC1)[C@@]1(O)O[C@@H](CO)[C@@H](OCC)[C@@H]1O. The second kappa shape index (κ2) is 16.4. The number of ether oxygens (including phenoxy) is 3. The van der Waals surface area contributed by atoms with Crippen LogP contribution in [0.5, 0.6) is 0 Å². The molecule has 7 nitrogen and oxygen atoms in total. The van der Waals surface area contributed by atoms with Gasteiger partial charge in [-0.3, -0.25) is 4.90 Å². The van der Waals surface area contributed by atoms with E-state index in [-0.39, 0.29) is 6.61 Å². The van der Waals surface area contributed by atoms with E-state index in [2.05, 4.69) is 11.8 Å². The molecule has 0 radical (unpaired) electrons. The van der Waals surface area contributed by atoms with Gasteiger partial charge in [-0.1, -0.05) is 77.6 Å². The molecule has 0 spiro atoms. The molecule has 2 fully saturated rings. The molecule has 0 bridgehead atoms. The average Bonchev–Trinajstić information content (AvgIpc) is 2.98. The molecule has 0 aliphatic carbocycles. The summed E-state index contributed by atoms with van der Waals surface area (Å²) in [5.74, 6) is -1.92. The second-order valence-corrected chi connectivity index (χ2v) is 9.81. The first-order chi connectivity index (χ1) is 16.1. The third kappa shape index (κ3) is 9.02. The number of aliphatic hydroxyl groups is 3. The van der Waals surface area contributed by atoms with Crippen molar-refractivity contribution in [3.05, 3.63) is 0 Å². The molecule has 2 aliphatic rings. The summed E-state index contributed by atoms with van der Waals surface area (Å²) in [5.41, 5.74) is 0. The van der Waals surface area contributed by atoms with E-state index in [0.29, 0.717) is 13.2 Å². The van der Waals surface area contributed by atoms with Crippen LogP contribution in [0.15, 0.2) is 0 Å². The van der Waals surface area contributed by atoms with Crippen LogP contribution < -0.4 is 0 Å². The van der Waals surface area contributed by atoms with Gasteiger partial charge in [-0.05, 0) is 26.2 Å². The van der Waals surface area contributed by atoms with Crippen LogP contribution in [0.1, 0.15) is 104 Å². The van der Waals surface area contributed by atoms with E-state index in [9.17, 15) is 15.3 Å². The molecule has 5 atom stereocenters. The molecule has 7 heteroatoms. The van der Waals surface area contributed by atoms with Crippen molar-refractivity contribution in [3.63, 3.8) is 0 Å². The van der Waals surface area contributed by atoms with E-state index < -0.39 is 30.3 Å². The number of rotatable bonds is 17. The number of likely N-dealkylation sites (tertiary alicyclic amines) is 1. The number of hydrogen-bond acceptors (Lipinski definition) is 7. The molecule has 1 unspecified atom stereocenters. The van der Waals surface area contributed by atoms with Crippen LogP contribution in [0.2, 0.25) is 0 Å². The fraction of sp³-hybridized carbons (Fsp3) is 1.00. The topological polar surface area (TPSA) is 91.6 Å². The van der Waals surface area contributed by atoms with Crippen LogP contribution in [-0.4, -0.2) is 83.5 Å². The molecule has 33 heavy (non-hydrogen) atoms. The molecular formula is C26H51NO6. The molecule has 2 heterocycles. The Balaban J connectivity index is 1.86. The molecular weight excluding hydrogens is 422 g/mol. The summed E-state index contributed by atoms with van der Waals surface area (Å²) in [6.07, 6.45) is 13.3. The maximum Gasteiger partial charge on any atom is 0.236 e. The maximum atomic E-state index is 11.5. The Hall–Kier alpha value is -0.280. The van der Waals surface area contributed by atoms with Gasteiger partial charge in [0.15, 0.2) is 6.23 Å². The van der Waals surface area contributed by atoms with E-state index in [1.54, 1.807) is 0 Å². The number of nitrogens with zero attached hydrogens (tertiary/aromatic N) is 1. The first-order valence-corrected chi connectivity index (χ1v) is 13.7. The van der Waals surface area contributed by atoms with E-state index in [0.717, 1.165) is 51.6 Å². The first kappa shape index (κ1) is 29.0. The number of hydrogen-bond donors (Lipinski definition) is 3. The Kier molecular flexibility index (Phi) is 14.4. The second-order valence-electron chi connectivity index (χ2n) is 9.81. The van der Waals surface area contributed by atoms with Crippen LogP contribution in [0, 0.1) is 0 Å². The van der Waals surface area contributed by atoms with Crippen molar-refractivity contribution in [3.8, 4) is 0 Å². The van der Waals surface area contributed by atoms with E-state index >= 15 is 0 Å². The van der Waals surface area contributed by atoms with Gasteiger partial charge in [0.2, 0.25) is 5.79 Å². The van der Waals surface area contributed by atoms with Gasteiger partial charge in [0.05, 0.1) is 6.61 Å². The lowest BCUT2D eigenvalue weighted by Crippen LogP contribution is -2.60. The normalized spacial score (nSPS) is 29.9. The van der Waals surface area contributed by atoms with Gasteiger partial charge < -0.3 is 29.5 Å². The zero-order valence-corrected chi connectivity index (χ0v) is 21.3. The lowest BCUT2D eigenvalue weighted by molar-refractivity contribution is -0.319. The summed E-state index contributed by atoms with van der Waals surface area (Å²) in [6.45, 7) is 6.22. The summed E-state index contributed by atoms with van der Waals surface area (Å²) in [6, 6.07) is 0. The van der Waals surface area contributed by atoms with Crippen LogP contribution in [0.4, 0.5) is 0 Å². The Morgan fingerprint density at radius 1 is 0.909 bits per heavy atom. The first-order valence-electron chi connectivity index (χ1n) is 13.7. The fourth-order valence-electron chi connectivity index (χ4n) is 5.15. The Bertz CT molecular complexity index is 487. The smallest absolute Gasteiger partial charge is 0.236 e. The van der Waals surface area contributed by atoms with E-state index in [1.165, 1.54) is 51.4 Å². The third-order valence-electron chi connectivity index (χ3n) is 7.08. The molecule has 0 saturated carbocycles. The monoisotopic (exact) mass is 473 g/mol. The minimum atomic E-state index is -1.92. The zero-order valence-electron chi connectivity index (χ0n) is 21.3. The summed E-state index contributed by atoms with van der Waals surface area (Å²) in [7, 11) is 0. The number of unbranched alkanes of at least 4 members (excludes halogenated alkanes) is 9. The molecule has 196 valence electrons. The van der Waals surface area contributed by atoms with Gasteiger partial charge in [0.25, 0.3) is 0 Å². The highest BCUT2D eigenvalue weighted by Crippen LogP contribution is 2.37. The van der Waals surface area contributed by atoms with Crippen LogP contribution in [-0.2, 0) is 14.2 Å². The highest BCUT2D eigenvalue weighted by molar-refractivity contribution is 5.00. The van der Waals surface area contributed by atoms with Crippen molar-refractivity contribution in [2.24, 2.45) is 0 Å². The Morgan fingerprint density at radius 2 is 1.48 bits per heavy atom. The molecule has 2 rings (SSSR count). The summed E-state index contributed by atoms with van der Waals surface area (Å²) in [5, 5.41) is 32.2. The van der Waals surface area contributed by atoms with Gasteiger partial charge in [0, 0.05) is 26.3 Å². The van der Waals surface area contributed by atoms with Crippen molar-refractivity contribution >= 4 is 0 Å². The average molecular weight is 474 g/mol. The van der Waals surface area contributed by atoms with Crippen molar-refractivity contribution in [2.45, 2.75) is 134 Å². The predicted molar refractivity (Wildman–Crippen MR) is 130 cm³/mol. The zero-order chi connectivity index (χ0) is 23.9. The van der Waals surface area contributed by atoms with Crippen molar-refractivity contribution in [1.29, 1.82) is 0 Å². The third-order valence-corrected chi connectivity index (χ3v) is 7.08. The van der Waals surface area contributed by atoms with Crippen LogP contribution >= 0.6 is 0 Å². The molecule has 0 aromatic heterocycles. The molecule has 3 N–H and O–H groups in total.